The fraction of sp³-hybridized carbons (Fsp3) is 0. The van der Waals surface area contributed by atoms with Gasteiger partial charge in [-0.2, -0.15) is 0 Å². The lowest BCUT2D eigenvalue weighted by Crippen LogP contribution is -2.03. The molecule has 0 amide bonds. The van der Waals surface area contributed by atoms with Crippen LogP contribution in [-0.4, -0.2) is 24.1 Å². The molecule has 0 aliphatic heterocycles. The van der Waals surface area contributed by atoms with Gasteiger partial charge in [0, 0.05) is 75.3 Å². The third-order valence-electron chi connectivity index (χ3n) is 13.6. The molecule has 4 heterocycles. The van der Waals surface area contributed by atoms with Gasteiger partial charge in [0.25, 0.3) is 0 Å². The number of aromatic nitrogens is 5. The van der Waals surface area contributed by atoms with Gasteiger partial charge in [-0.25, -0.2) is 15.0 Å². The highest BCUT2D eigenvalue weighted by molar-refractivity contribution is 7.26. The Bertz CT molecular complexity index is 4190. The topological polar surface area (TPSA) is 48.5 Å². The van der Waals surface area contributed by atoms with E-state index in [9.17, 15) is 0 Å². The zero-order valence-electron chi connectivity index (χ0n) is 37.2. The Morgan fingerprint density at radius 2 is 0.754 bits per heavy atom. The molecule has 0 aliphatic carbocycles. The summed E-state index contributed by atoms with van der Waals surface area (Å²) in [4.78, 5) is 16.0. The summed E-state index contributed by atoms with van der Waals surface area (Å²) in [5.74, 6) is 1.83. The summed E-state index contributed by atoms with van der Waals surface area (Å²) in [5, 5.41) is 7.28. The number of rotatable bonds is 7. The molecular formula is C63H39N5S. The quantitative estimate of drug-likeness (QED) is 0.160. The van der Waals surface area contributed by atoms with E-state index in [0.717, 1.165) is 66.8 Å². The average Bonchev–Trinajstić information content (AvgIpc) is 4.09. The molecule has 0 N–H and O–H groups in total. The van der Waals surface area contributed by atoms with Crippen LogP contribution in [0.3, 0.4) is 0 Å². The molecule has 0 fully saturated rings. The highest BCUT2D eigenvalue weighted by Gasteiger charge is 2.23. The lowest BCUT2D eigenvalue weighted by atomic mass is 9.95. The van der Waals surface area contributed by atoms with E-state index in [0.29, 0.717) is 17.5 Å². The van der Waals surface area contributed by atoms with E-state index in [1.807, 2.05) is 47.7 Å². The van der Waals surface area contributed by atoms with Crippen LogP contribution in [0, 0.1) is 0 Å². The lowest BCUT2D eigenvalue weighted by Gasteiger charge is -2.17. The van der Waals surface area contributed by atoms with Gasteiger partial charge in [0.15, 0.2) is 17.5 Å². The number of benzene rings is 10. The van der Waals surface area contributed by atoms with Crippen molar-refractivity contribution in [3.8, 4) is 67.8 Å². The SMILES string of the molecule is c1ccc(-c2ccc3c4ccccc4n(-c4ccc(-c5cc(-n6c7ccccc7c7ccccc76)cc6c5sc5ccccc56)c(-c5nc(-c6ccccc6)nc(-c6ccccc6)n5)c4)c3c2)cc1. The number of hydrogen-bond donors (Lipinski definition) is 0. The van der Waals surface area contributed by atoms with Crippen molar-refractivity contribution in [3.63, 3.8) is 0 Å². The predicted octanol–water partition coefficient (Wildman–Crippen LogP) is 16.8. The first-order valence-electron chi connectivity index (χ1n) is 23.3. The van der Waals surface area contributed by atoms with Crippen LogP contribution in [0.15, 0.2) is 237 Å². The van der Waals surface area contributed by atoms with Gasteiger partial charge >= 0.3 is 0 Å². The summed E-state index contributed by atoms with van der Waals surface area (Å²) in [7, 11) is 0. The van der Waals surface area contributed by atoms with Crippen molar-refractivity contribution in [1.82, 2.24) is 24.1 Å². The molecule has 0 atom stereocenters. The Balaban J connectivity index is 1.10. The number of hydrogen-bond acceptors (Lipinski definition) is 4. The van der Waals surface area contributed by atoms with Crippen molar-refractivity contribution in [2.24, 2.45) is 0 Å². The van der Waals surface area contributed by atoms with Gasteiger partial charge in [-0.05, 0) is 71.3 Å². The van der Waals surface area contributed by atoms with E-state index in [2.05, 4.69) is 209 Å². The van der Waals surface area contributed by atoms with Gasteiger partial charge < -0.3 is 9.13 Å². The van der Waals surface area contributed by atoms with Gasteiger partial charge in [0.1, 0.15) is 0 Å². The maximum atomic E-state index is 5.43. The first kappa shape index (κ1) is 39.2. The smallest absolute Gasteiger partial charge is 0.164 e. The van der Waals surface area contributed by atoms with Crippen LogP contribution < -0.4 is 0 Å². The Hall–Kier alpha value is -8.97. The molecule has 322 valence electrons. The Labute approximate surface area is 401 Å². The second kappa shape index (κ2) is 15.8. The zero-order chi connectivity index (χ0) is 45.4. The molecule has 5 nitrogen and oxygen atoms in total. The van der Waals surface area contributed by atoms with Crippen molar-refractivity contribution >= 4 is 75.1 Å². The summed E-state index contributed by atoms with van der Waals surface area (Å²) in [6.45, 7) is 0. The molecule has 0 saturated heterocycles. The van der Waals surface area contributed by atoms with Crippen LogP contribution in [0.25, 0.3) is 132 Å². The van der Waals surface area contributed by atoms with Crippen molar-refractivity contribution in [1.29, 1.82) is 0 Å². The first-order valence-corrected chi connectivity index (χ1v) is 24.1. The maximum absolute atomic E-state index is 5.43. The Morgan fingerprint density at radius 1 is 0.275 bits per heavy atom. The number of para-hydroxylation sites is 3. The monoisotopic (exact) mass is 897 g/mol. The largest absolute Gasteiger partial charge is 0.309 e. The molecule has 14 aromatic rings. The van der Waals surface area contributed by atoms with Gasteiger partial charge in [-0.1, -0.05) is 182 Å². The van der Waals surface area contributed by atoms with E-state index in [4.69, 9.17) is 15.0 Å². The molecule has 6 heteroatoms. The Morgan fingerprint density at radius 3 is 1.36 bits per heavy atom. The standard InChI is InChI=1S/C63H39N5S/c1-4-18-40(19-5-1)43-32-34-50-49-26-12-14-28-55(49)67(58(50)36-43)44-33-35-46(54(37-44)63-65-61(41-20-6-2-7-21-41)64-62(66-63)42-22-8-3-9-23-42)52-38-45(39-53-51-27-13-17-31-59(51)69-60(52)53)68-56-29-15-10-24-47(56)48-25-11-16-30-57(48)68/h1-39H. The second-order valence-electron chi connectivity index (χ2n) is 17.6. The average molecular weight is 898 g/mol. The van der Waals surface area contributed by atoms with Crippen LogP contribution in [0.4, 0.5) is 0 Å². The van der Waals surface area contributed by atoms with Crippen LogP contribution in [0.5, 0.6) is 0 Å². The molecule has 0 radical (unpaired) electrons. The molecular weight excluding hydrogens is 859 g/mol. The molecule has 0 bridgehead atoms. The fourth-order valence-corrected chi connectivity index (χ4v) is 11.6. The second-order valence-corrected chi connectivity index (χ2v) is 18.6. The fourth-order valence-electron chi connectivity index (χ4n) is 10.4. The molecule has 0 spiro atoms. The van der Waals surface area contributed by atoms with Crippen molar-refractivity contribution in [3.05, 3.63) is 237 Å². The van der Waals surface area contributed by atoms with Gasteiger partial charge in [-0.3, -0.25) is 0 Å². The van der Waals surface area contributed by atoms with Crippen molar-refractivity contribution in [2.45, 2.75) is 0 Å². The first-order chi connectivity index (χ1) is 34.2. The summed E-state index contributed by atoms with van der Waals surface area (Å²) < 4.78 is 7.29. The van der Waals surface area contributed by atoms with Gasteiger partial charge in [-0.15, -0.1) is 11.3 Å². The third-order valence-corrected chi connectivity index (χ3v) is 14.8. The summed E-state index contributed by atoms with van der Waals surface area (Å²) >= 11 is 1.84. The van der Waals surface area contributed by atoms with E-state index >= 15 is 0 Å². The van der Waals surface area contributed by atoms with Crippen LogP contribution in [0.1, 0.15) is 0 Å². The summed E-state index contributed by atoms with van der Waals surface area (Å²) in [5.41, 5.74) is 13.9. The number of fused-ring (bicyclic) bond motifs is 9. The number of thiophene rings is 1. The molecule has 0 unspecified atom stereocenters. The molecule has 14 rings (SSSR count). The molecule has 0 saturated carbocycles. The minimum Gasteiger partial charge on any atom is -0.309 e. The Kier molecular flexibility index (Phi) is 9.00. The van der Waals surface area contributed by atoms with Crippen LogP contribution in [-0.2, 0) is 0 Å². The van der Waals surface area contributed by atoms with Gasteiger partial charge in [0.05, 0.1) is 22.1 Å². The van der Waals surface area contributed by atoms with Gasteiger partial charge in [0.2, 0.25) is 0 Å². The van der Waals surface area contributed by atoms with Crippen LogP contribution in [0.2, 0.25) is 0 Å². The minimum atomic E-state index is 0.599. The van der Waals surface area contributed by atoms with E-state index in [1.165, 1.54) is 47.3 Å². The van der Waals surface area contributed by atoms with Crippen LogP contribution >= 0.6 is 11.3 Å². The maximum Gasteiger partial charge on any atom is 0.164 e. The molecule has 0 aliphatic rings. The highest BCUT2D eigenvalue weighted by Crippen LogP contribution is 2.46. The van der Waals surface area contributed by atoms with Crippen molar-refractivity contribution < 1.29 is 0 Å². The molecule has 10 aromatic carbocycles. The van der Waals surface area contributed by atoms with E-state index < -0.39 is 0 Å². The number of nitrogens with zero attached hydrogens (tertiary/aromatic N) is 5. The highest BCUT2D eigenvalue weighted by atomic mass is 32.1. The molecule has 4 aromatic heterocycles. The normalized spacial score (nSPS) is 11.8. The zero-order valence-corrected chi connectivity index (χ0v) is 38.0. The summed E-state index contributed by atoms with van der Waals surface area (Å²) in [6, 6.07) is 84.6. The van der Waals surface area contributed by atoms with E-state index in [1.54, 1.807) is 0 Å². The van der Waals surface area contributed by atoms with E-state index in [-0.39, 0.29) is 0 Å². The summed E-state index contributed by atoms with van der Waals surface area (Å²) in [6.07, 6.45) is 0. The lowest BCUT2D eigenvalue weighted by molar-refractivity contribution is 1.07. The van der Waals surface area contributed by atoms with Crippen molar-refractivity contribution in [2.75, 3.05) is 0 Å². The minimum absolute atomic E-state index is 0.599. The predicted molar refractivity (Wildman–Crippen MR) is 289 cm³/mol. The molecule has 69 heavy (non-hydrogen) atoms. The third kappa shape index (κ3) is 6.41.